The van der Waals surface area contributed by atoms with Gasteiger partial charge < -0.3 is 14.6 Å². The molecule has 0 aliphatic heterocycles. The number of aryl methyl sites for hydroxylation is 4. The highest BCUT2D eigenvalue weighted by Gasteiger charge is 2.28. The van der Waals surface area contributed by atoms with Crippen LogP contribution < -0.4 is 4.90 Å². The molecule has 0 fully saturated rings. The van der Waals surface area contributed by atoms with E-state index in [1.54, 1.807) is 0 Å². The van der Waals surface area contributed by atoms with Gasteiger partial charge in [-0.25, -0.2) is 14.8 Å². The molecule has 182 valence electrons. The number of rotatable bonds is 9. The van der Waals surface area contributed by atoms with E-state index in [1.165, 1.54) is 0 Å². The van der Waals surface area contributed by atoms with Crippen LogP contribution in [0.2, 0.25) is 0 Å². The average molecular weight is 471 g/mol. The lowest BCUT2D eigenvalue weighted by atomic mass is 10.0. The molecule has 4 rings (SSSR count). The monoisotopic (exact) mass is 470 g/mol. The van der Waals surface area contributed by atoms with Gasteiger partial charge in [-0.2, -0.15) is 0 Å². The van der Waals surface area contributed by atoms with Gasteiger partial charge in [0.05, 0.1) is 6.54 Å². The molecule has 35 heavy (non-hydrogen) atoms. The zero-order chi connectivity index (χ0) is 25.1. The molecule has 0 bridgehead atoms. The molecule has 0 saturated heterocycles. The number of nitrogens with zero attached hydrogens (tertiary/aromatic N) is 4. The number of carboxylic acid groups (broad SMARTS) is 1. The number of hydrogen-bond donors (Lipinski definition) is 1. The van der Waals surface area contributed by atoms with Gasteiger partial charge in [0.2, 0.25) is 0 Å². The highest BCUT2D eigenvalue weighted by molar-refractivity contribution is 5.81. The van der Waals surface area contributed by atoms with Crippen LogP contribution in [0.3, 0.4) is 0 Å². The first-order chi connectivity index (χ1) is 16.8. The van der Waals surface area contributed by atoms with Gasteiger partial charge in [-0.15, -0.1) is 0 Å². The minimum Gasteiger partial charge on any atom is -0.479 e. The van der Waals surface area contributed by atoms with Gasteiger partial charge in [0.25, 0.3) is 0 Å². The number of pyridine rings is 1. The summed E-state index contributed by atoms with van der Waals surface area (Å²) in [4.78, 5) is 24.0. The fourth-order valence-electron chi connectivity index (χ4n) is 4.93. The lowest BCUT2D eigenvalue weighted by Crippen LogP contribution is -2.35. The number of anilines is 1. The lowest BCUT2D eigenvalue weighted by molar-refractivity contribution is -0.138. The largest absolute Gasteiger partial charge is 0.479 e. The van der Waals surface area contributed by atoms with Crippen LogP contribution in [0, 0.1) is 20.8 Å². The highest BCUT2D eigenvalue weighted by Crippen LogP contribution is 2.31. The molecule has 0 aliphatic carbocycles. The SMILES string of the molecule is CCCN(c1ccc(Cn2c(CC)nc3c(C)cc(C)nc32)cc1C)C(C(=O)O)c1ccccc1. The molecule has 0 saturated carbocycles. The van der Waals surface area contributed by atoms with Gasteiger partial charge in [0.15, 0.2) is 11.7 Å². The van der Waals surface area contributed by atoms with Crippen LogP contribution >= 0.6 is 0 Å². The van der Waals surface area contributed by atoms with Crippen molar-refractivity contribution in [3.05, 3.63) is 88.4 Å². The summed E-state index contributed by atoms with van der Waals surface area (Å²) in [5.41, 5.74) is 7.94. The number of carboxylic acids is 1. The summed E-state index contributed by atoms with van der Waals surface area (Å²) in [6.07, 6.45) is 1.68. The third-order valence-electron chi connectivity index (χ3n) is 6.45. The maximum atomic E-state index is 12.4. The standard InChI is InChI=1S/C29H34N4O2/c1-6-15-32(27(29(34)35)23-11-9-8-10-12-23)24-14-13-22(17-19(24)3)18-33-25(7-2)31-26-20(4)16-21(5)30-28(26)33/h8-14,16-17,27H,6-7,15,18H2,1-5H3,(H,34,35). The summed E-state index contributed by atoms with van der Waals surface area (Å²) in [6.45, 7) is 11.7. The molecule has 0 spiro atoms. The van der Waals surface area contributed by atoms with Crippen molar-refractivity contribution >= 4 is 22.8 Å². The summed E-state index contributed by atoms with van der Waals surface area (Å²) in [5.74, 6) is 0.174. The van der Waals surface area contributed by atoms with Crippen molar-refractivity contribution in [1.29, 1.82) is 0 Å². The Balaban J connectivity index is 1.72. The molecule has 0 amide bonds. The normalized spacial score (nSPS) is 12.1. The minimum absolute atomic E-state index is 0.653. The third kappa shape index (κ3) is 4.92. The smallest absolute Gasteiger partial charge is 0.331 e. The Bertz CT molecular complexity index is 1340. The van der Waals surface area contributed by atoms with E-state index in [2.05, 4.69) is 56.5 Å². The van der Waals surface area contributed by atoms with Crippen molar-refractivity contribution in [3.8, 4) is 0 Å². The second kappa shape index (κ2) is 10.3. The van der Waals surface area contributed by atoms with Crippen molar-refractivity contribution in [3.63, 3.8) is 0 Å². The maximum absolute atomic E-state index is 12.4. The molecular weight excluding hydrogens is 436 g/mol. The molecule has 2 aromatic heterocycles. The second-order valence-corrected chi connectivity index (χ2v) is 9.19. The topological polar surface area (TPSA) is 71.2 Å². The molecule has 4 aromatic rings. The number of hydrogen-bond acceptors (Lipinski definition) is 4. The Morgan fingerprint density at radius 1 is 1.00 bits per heavy atom. The summed E-state index contributed by atoms with van der Waals surface area (Å²) in [6, 6.07) is 17.1. The van der Waals surface area contributed by atoms with Gasteiger partial charge in [-0.3, -0.25) is 0 Å². The van der Waals surface area contributed by atoms with E-state index < -0.39 is 12.0 Å². The van der Waals surface area contributed by atoms with E-state index in [1.807, 2.05) is 42.2 Å². The first kappa shape index (κ1) is 24.5. The Kier molecular flexibility index (Phi) is 7.20. The van der Waals surface area contributed by atoms with Crippen LogP contribution in [0.15, 0.2) is 54.6 Å². The summed E-state index contributed by atoms with van der Waals surface area (Å²) >= 11 is 0. The second-order valence-electron chi connectivity index (χ2n) is 9.19. The number of carbonyl (C=O) groups is 1. The molecule has 2 heterocycles. The number of benzene rings is 2. The molecule has 6 heteroatoms. The number of fused-ring (bicyclic) bond motifs is 1. The van der Waals surface area contributed by atoms with Crippen LogP contribution in [0.25, 0.3) is 11.2 Å². The quantitative estimate of drug-likeness (QED) is 0.324. The lowest BCUT2D eigenvalue weighted by Gasteiger charge is -2.32. The van der Waals surface area contributed by atoms with Gasteiger partial charge in [-0.05, 0) is 61.6 Å². The first-order valence-corrected chi connectivity index (χ1v) is 12.3. The molecule has 0 aliphatic rings. The summed E-state index contributed by atoms with van der Waals surface area (Å²) in [5, 5.41) is 10.1. The molecular formula is C29H34N4O2. The zero-order valence-electron chi connectivity index (χ0n) is 21.2. The Morgan fingerprint density at radius 2 is 1.74 bits per heavy atom. The Morgan fingerprint density at radius 3 is 2.37 bits per heavy atom. The number of aromatic nitrogens is 3. The van der Waals surface area contributed by atoms with Gasteiger partial charge in [-0.1, -0.05) is 56.3 Å². The Hall–Kier alpha value is -3.67. The van der Waals surface area contributed by atoms with Gasteiger partial charge in [0.1, 0.15) is 11.3 Å². The van der Waals surface area contributed by atoms with E-state index >= 15 is 0 Å². The molecule has 1 N–H and O–H groups in total. The van der Waals surface area contributed by atoms with Crippen molar-refractivity contribution in [1.82, 2.24) is 14.5 Å². The third-order valence-corrected chi connectivity index (χ3v) is 6.45. The fraction of sp³-hybridized carbons (Fsp3) is 0.345. The molecule has 1 atom stereocenters. The first-order valence-electron chi connectivity index (χ1n) is 12.3. The van der Waals surface area contributed by atoms with E-state index in [0.717, 1.165) is 63.5 Å². The van der Waals surface area contributed by atoms with Gasteiger partial charge in [0, 0.05) is 24.3 Å². The minimum atomic E-state index is -0.845. The Labute approximate surface area is 207 Å². The van der Waals surface area contributed by atoms with Crippen molar-refractivity contribution in [2.45, 2.75) is 60.0 Å². The van der Waals surface area contributed by atoms with E-state index in [0.29, 0.717) is 13.1 Å². The van der Waals surface area contributed by atoms with E-state index in [-0.39, 0.29) is 0 Å². The highest BCUT2D eigenvalue weighted by atomic mass is 16.4. The number of imidazole rings is 1. The fourth-order valence-corrected chi connectivity index (χ4v) is 4.93. The van der Waals surface area contributed by atoms with Crippen LogP contribution in [0.1, 0.15) is 60.1 Å². The van der Waals surface area contributed by atoms with Crippen LogP contribution in [0.5, 0.6) is 0 Å². The van der Waals surface area contributed by atoms with Crippen LogP contribution in [-0.2, 0) is 17.8 Å². The van der Waals surface area contributed by atoms with Crippen molar-refractivity contribution in [2.75, 3.05) is 11.4 Å². The van der Waals surface area contributed by atoms with E-state index in [9.17, 15) is 9.90 Å². The van der Waals surface area contributed by atoms with Crippen molar-refractivity contribution < 1.29 is 9.90 Å². The van der Waals surface area contributed by atoms with Gasteiger partial charge >= 0.3 is 5.97 Å². The maximum Gasteiger partial charge on any atom is 0.331 e. The predicted octanol–water partition coefficient (Wildman–Crippen LogP) is 6.01. The van der Waals surface area contributed by atoms with Crippen LogP contribution in [0.4, 0.5) is 5.69 Å². The van der Waals surface area contributed by atoms with E-state index in [4.69, 9.17) is 9.97 Å². The predicted molar refractivity (Wildman–Crippen MR) is 141 cm³/mol. The van der Waals surface area contributed by atoms with Crippen LogP contribution in [-0.4, -0.2) is 32.2 Å². The molecule has 1 unspecified atom stereocenters. The number of aliphatic carboxylic acids is 1. The zero-order valence-corrected chi connectivity index (χ0v) is 21.2. The summed E-state index contributed by atoms with van der Waals surface area (Å²) in [7, 11) is 0. The molecule has 6 nitrogen and oxygen atoms in total. The summed E-state index contributed by atoms with van der Waals surface area (Å²) < 4.78 is 2.21. The molecule has 2 aromatic carbocycles. The average Bonchev–Trinajstić information content (AvgIpc) is 3.17. The molecule has 0 radical (unpaired) electrons. The van der Waals surface area contributed by atoms with Crippen molar-refractivity contribution in [2.24, 2.45) is 0 Å².